The number of nitrogens with one attached hydrogen (secondary N) is 1. The number of nitrogens with zero attached hydrogens (tertiary/aromatic N) is 2. The molecule has 10 heteroatoms. The van der Waals surface area contributed by atoms with E-state index < -0.39 is 26.1 Å². The van der Waals surface area contributed by atoms with Gasteiger partial charge in [-0.15, -0.1) is 0 Å². The smallest absolute Gasteiger partial charge is 0.270 e. The van der Waals surface area contributed by atoms with Gasteiger partial charge < -0.3 is 14.8 Å². The Hall–Kier alpha value is -2.65. The van der Waals surface area contributed by atoms with E-state index in [1.165, 1.54) is 10.6 Å². The monoisotopic (exact) mass is 503 g/mol. The average molecular weight is 504 g/mol. The molecule has 2 aliphatic carbocycles. The first-order chi connectivity index (χ1) is 16.1. The van der Waals surface area contributed by atoms with E-state index >= 15 is 0 Å². The van der Waals surface area contributed by atoms with E-state index in [0.29, 0.717) is 36.3 Å². The van der Waals surface area contributed by atoms with Crippen molar-refractivity contribution in [3.8, 4) is 0 Å². The van der Waals surface area contributed by atoms with Gasteiger partial charge >= 0.3 is 0 Å². The van der Waals surface area contributed by atoms with Gasteiger partial charge in [-0.3, -0.25) is 14.4 Å². The Morgan fingerprint density at radius 1 is 1.15 bits per heavy atom. The van der Waals surface area contributed by atoms with Crippen molar-refractivity contribution in [2.24, 2.45) is 0 Å². The molecule has 2 aromatic rings. The van der Waals surface area contributed by atoms with E-state index in [4.69, 9.17) is 11.6 Å². The molecule has 2 heterocycles. The molecule has 180 valence electrons. The number of pyridine rings is 1. The summed E-state index contributed by atoms with van der Waals surface area (Å²) in [5.41, 5.74) is 1.04. The third-order valence-corrected chi connectivity index (χ3v) is 10.4. The maximum atomic E-state index is 13.3. The van der Waals surface area contributed by atoms with Gasteiger partial charge in [0.25, 0.3) is 17.4 Å². The number of benzene rings is 1. The number of carbonyl (C=O) groups is 2. The number of aromatic nitrogens is 1. The van der Waals surface area contributed by atoms with E-state index in [0.717, 1.165) is 5.56 Å². The molecule has 1 N–H and O–H groups in total. The van der Waals surface area contributed by atoms with Crippen LogP contribution in [0.3, 0.4) is 0 Å². The lowest BCUT2D eigenvalue weighted by molar-refractivity contribution is 0.0693. The normalized spacial score (nSPS) is 19.0. The number of carbonyl (C=O) groups excluding carboxylic acids is 2. The molecular formula is C24H26ClN3O5S. The molecule has 0 saturated heterocycles. The quantitative estimate of drug-likeness (QED) is 0.624. The molecule has 34 heavy (non-hydrogen) atoms. The molecule has 2 fully saturated rings. The summed E-state index contributed by atoms with van der Waals surface area (Å²) in [6.07, 6.45) is 2.57. The molecule has 0 unspecified atom stereocenters. The minimum atomic E-state index is -3.25. The second-order valence-electron chi connectivity index (χ2n) is 9.51. The van der Waals surface area contributed by atoms with Crippen LogP contribution in [0.25, 0.3) is 0 Å². The first-order valence-electron chi connectivity index (χ1n) is 11.4. The Bertz CT molecular complexity index is 1340. The van der Waals surface area contributed by atoms with Crippen molar-refractivity contribution in [2.45, 2.75) is 55.7 Å². The fraction of sp³-hybridized carbons (Fsp3) is 0.458. The molecule has 1 aromatic heterocycles. The van der Waals surface area contributed by atoms with Crippen LogP contribution >= 0.6 is 11.6 Å². The van der Waals surface area contributed by atoms with Crippen molar-refractivity contribution in [3.63, 3.8) is 0 Å². The van der Waals surface area contributed by atoms with E-state index in [1.807, 2.05) is 0 Å². The highest BCUT2D eigenvalue weighted by molar-refractivity contribution is 7.94. The van der Waals surface area contributed by atoms with Crippen LogP contribution < -0.4 is 10.9 Å². The summed E-state index contributed by atoms with van der Waals surface area (Å²) in [7, 11) is -3.25. The van der Waals surface area contributed by atoms with Crippen molar-refractivity contribution in [1.82, 2.24) is 14.8 Å². The zero-order valence-electron chi connectivity index (χ0n) is 18.8. The summed E-state index contributed by atoms with van der Waals surface area (Å²) in [6.45, 7) is 2.56. The van der Waals surface area contributed by atoms with E-state index in [9.17, 15) is 22.8 Å². The first-order valence-corrected chi connectivity index (χ1v) is 13.4. The summed E-state index contributed by atoms with van der Waals surface area (Å²) in [6, 6.07) is 8.47. The average Bonchev–Trinajstić information content (AvgIpc) is 3.71. The van der Waals surface area contributed by atoms with Gasteiger partial charge in [0, 0.05) is 31.2 Å². The number of fused-ring (bicyclic) bond motifs is 1. The maximum absolute atomic E-state index is 13.3. The molecule has 0 radical (unpaired) electrons. The molecule has 2 saturated carbocycles. The van der Waals surface area contributed by atoms with Crippen molar-refractivity contribution < 1.29 is 18.0 Å². The van der Waals surface area contributed by atoms with Crippen LogP contribution in [-0.2, 0) is 22.9 Å². The molecule has 5 rings (SSSR count). The van der Waals surface area contributed by atoms with Crippen molar-refractivity contribution in [3.05, 3.63) is 68.1 Å². The van der Waals surface area contributed by atoms with Gasteiger partial charge in [0.15, 0.2) is 9.84 Å². The third kappa shape index (κ3) is 3.94. The van der Waals surface area contributed by atoms with Gasteiger partial charge in [-0.05, 0) is 61.9 Å². The second kappa shape index (κ2) is 8.23. The lowest BCUT2D eigenvalue weighted by Gasteiger charge is -2.33. The Morgan fingerprint density at radius 3 is 2.44 bits per heavy atom. The SMILES string of the molecule is Cc1cc(C(=O)NCc2ccc(Cl)cc2)c(=O)n2c1C(=O)N(CC1(S(=O)(=O)C3CC3)CC1)CC2. The predicted molar refractivity (Wildman–Crippen MR) is 128 cm³/mol. The number of sulfone groups is 1. The van der Waals surface area contributed by atoms with Crippen LogP contribution in [0.2, 0.25) is 5.02 Å². The highest BCUT2D eigenvalue weighted by Crippen LogP contribution is 2.50. The lowest BCUT2D eigenvalue weighted by Crippen LogP contribution is -2.50. The van der Waals surface area contributed by atoms with Gasteiger partial charge in [-0.2, -0.15) is 0 Å². The van der Waals surface area contributed by atoms with Crippen molar-refractivity contribution in [1.29, 1.82) is 0 Å². The Morgan fingerprint density at radius 2 is 1.82 bits per heavy atom. The summed E-state index contributed by atoms with van der Waals surface area (Å²) in [4.78, 5) is 40.7. The van der Waals surface area contributed by atoms with E-state index in [-0.39, 0.29) is 48.6 Å². The molecule has 1 aliphatic heterocycles. The van der Waals surface area contributed by atoms with Crippen LogP contribution in [0.1, 0.15) is 57.7 Å². The topological polar surface area (TPSA) is 106 Å². The number of hydrogen-bond donors (Lipinski definition) is 1. The number of halogens is 1. The van der Waals surface area contributed by atoms with E-state index in [1.54, 1.807) is 36.1 Å². The van der Waals surface area contributed by atoms with Gasteiger partial charge in [-0.1, -0.05) is 23.7 Å². The molecule has 0 bridgehead atoms. The van der Waals surface area contributed by atoms with Crippen LogP contribution in [-0.4, -0.2) is 52.8 Å². The molecule has 2 amide bonds. The zero-order chi connectivity index (χ0) is 24.3. The van der Waals surface area contributed by atoms with Crippen molar-refractivity contribution >= 4 is 33.3 Å². The van der Waals surface area contributed by atoms with Crippen LogP contribution in [0.5, 0.6) is 0 Å². The number of rotatable bonds is 7. The van der Waals surface area contributed by atoms with Gasteiger partial charge in [0.1, 0.15) is 11.3 Å². The number of amides is 2. The largest absolute Gasteiger partial charge is 0.348 e. The fourth-order valence-electron chi connectivity index (χ4n) is 4.72. The highest BCUT2D eigenvalue weighted by Gasteiger charge is 2.60. The fourth-order valence-corrected chi connectivity index (χ4v) is 7.32. The minimum absolute atomic E-state index is 0.0218. The van der Waals surface area contributed by atoms with Crippen LogP contribution in [0, 0.1) is 6.92 Å². The second-order valence-corrected chi connectivity index (χ2v) is 12.6. The Balaban J connectivity index is 1.35. The summed E-state index contributed by atoms with van der Waals surface area (Å²) >= 11 is 5.88. The maximum Gasteiger partial charge on any atom is 0.270 e. The lowest BCUT2D eigenvalue weighted by atomic mass is 10.1. The highest BCUT2D eigenvalue weighted by atomic mass is 35.5. The third-order valence-electron chi connectivity index (χ3n) is 7.03. The van der Waals surface area contributed by atoms with Gasteiger partial charge in [0.05, 0.1) is 10.00 Å². The van der Waals surface area contributed by atoms with Gasteiger partial charge in [0.2, 0.25) is 0 Å². The summed E-state index contributed by atoms with van der Waals surface area (Å²) in [5.74, 6) is -0.869. The molecule has 0 spiro atoms. The Labute approximate surface area is 202 Å². The molecule has 0 atom stereocenters. The van der Waals surface area contributed by atoms with Gasteiger partial charge in [-0.25, -0.2) is 8.42 Å². The summed E-state index contributed by atoms with van der Waals surface area (Å²) < 4.78 is 26.3. The van der Waals surface area contributed by atoms with Crippen LogP contribution in [0.15, 0.2) is 35.1 Å². The minimum Gasteiger partial charge on any atom is -0.348 e. The molecule has 8 nitrogen and oxygen atoms in total. The Kier molecular flexibility index (Phi) is 5.60. The molecular weight excluding hydrogens is 478 g/mol. The predicted octanol–water partition coefficient (Wildman–Crippen LogP) is 2.31. The van der Waals surface area contributed by atoms with Crippen LogP contribution in [0.4, 0.5) is 0 Å². The number of aryl methyl sites for hydroxylation is 1. The standard InChI is InChI=1S/C24H26ClN3O5S/c1-15-12-19(21(29)26-13-16-2-4-17(25)5-3-16)22(30)28-11-10-27(23(31)20(15)28)14-24(8-9-24)34(32,33)18-6-7-18/h2-5,12,18H,6-11,13-14H2,1H3,(H,26,29). The molecule has 1 aromatic carbocycles. The first kappa shape index (κ1) is 23.1. The molecule has 3 aliphatic rings. The van der Waals surface area contributed by atoms with Crippen molar-refractivity contribution in [2.75, 3.05) is 13.1 Å². The summed E-state index contributed by atoms with van der Waals surface area (Å²) in [5, 5.41) is 3.07. The zero-order valence-corrected chi connectivity index (χ0v) is 20.4. The number of hydrogen-bond acceptors (Lipinski definition) is 5. The van der Waals surface area contributed by atoms with E-state index in [2.05, 4.69) is 5.32 Å².